The molecule has 0 atom stereocenters. The molecule has 1 heterocycles. The molecule has 0 radical (unpaired) electrons. The first-order chi connectivity index (χ1) is 8.81. The SMILES string of the molecule is CCOC1CCN(CC2CCC(CN)CC2)CC1. The van der Waals surface area contributed by atoms with Gasteiger partial charge >= 0.3 is 0 Å². The molecular weight excluding hydrogens is 224 g/mol. The van der Waals surface area contributed by atoms with E-state index in [0.717, 1.165) is 25.0 Å². The Labute approximate surface area is 112 Å². The third kappa shape index (κ3) is 4.22. The Hall–Kier alpha value is -0.120. The van der Waals surface area contributed by atoms with Gasteiger partial charge in [0.05, 0.1) is 6.10 Å². The molecule has 0 amide bonds. The molecule has 2 aliphatic rings. The van der Waals surface area contributed by atoms with Crippen molar-refractivity contribution in [2.24, 2.45) is 17.6 Å². The summed E-state index contributed by atoms with van der Waals surface area (Å²) in [6.45, 7) is 7.65. The standard InChI is InChI=1S/C15H30N2O/c1-2-18-15-7-9-17(10-8-15)12-14-5-3-13(11-16)4-6-14/h13-15H,2-12,16H2,1H3. The fraction of sp³-hybridized carbons (Fsp3) is 1.00. The van der Waals surface area contributed by atoms with Crippen LogP contribution in [0.1, 0.15) is 45.4 Å². The summed E-state index contributed by atoms with van der Waals surface area (Å²) in [4.78, 5) is 2.66. The predicted molar refractivity (Wildman–Crippen MR) is 75.6 cm³/mol. The lowest BCUT2D eigenvalue weighted by Crippen LogP contribution is -2.40. The van der Waals surface area contributed by atoms with Gasteiger partial charge in [-0.1, -0.05) is 0 Å². The minimum atomic E-state index is 0.527. The van der Waals surface area contributed by atoms with Gasteiger partial charge in [0.15, 0.2) is 0 Å². The lowest BCUT2D eigenvalue weighted by atomic mass is 9.81. The van der Waals surface area contributed by atoms with Crippen molar-refractivity contribution >= 4 is 0 Å². The summed E-state index contributed by atoms with van der Waals surface area (Å²) in [5.74, 6) is 1.74. The Morgan fingerprint density at radius 2 is 1.61 bits per heavy atom. The molecule has 0 spiro atoms. The molecule has 106 valence electrons. The second-order valence-corrected chi connectivity index (χ2v) is 6.08. The molecule has 0 aromatic heterocycles. The van der Waals surface area contributed by atoms with E-state index >= 15 is 0 Å². The molecule has 0 unspecified atom stereocenters. The first-order valence-corrected chi connectivity index (χ1v) is 7.85. The van der Waals surface area contributed by atoms with Gasteiger partial charge in [-0.15, -0.1) is 0 Å². The van der Waals surface area contributed by atoms with Crippen molar-refractivity contribution in [1.29, 1.82) is 0 Å². The van der Waals surface area contributed by atoms with Crippen molar-refractivity contribution in [2.75, 3.05) is 32.8 Å². The number of rotatable bonds is 5. The molecule has 1 aliphatic heterocycles. The number of hydrogen-bond donors (Lipinski definition) is 1. The highest BCUT2D eigenvalue weighted by Gasteiger charge is 2.25. The van der Waals surface area contributed by atoms with Crippen LogP contribution >= 0.6 is 0 Å². The smallest absolute Gasteiger partial charge is 0.0599 e. The first-order valence-electron chi connectivity index (χ1n) is 7.85. The third-order valence-corrected chi connectivity index (χ3v) is 4.75. The zero-order chi connectivity index (χ0) is 12.8. The van der Waals surface area contributed by atoms with E-state index in [2.05, 4.69) is 11.8 Å². The lowest BCUT2D eigenvalue weighted by Gasteiger charge is -2.36. The minimum Gasteiger partial charge on any atom is -0.378 e. The number of piperidine rings is 1. The van der Waals surface area contributed by atoms with Crippen LogP contribution in [0.15, 0.2) is 0 Å². The fourth-order valence-corrected chi connectivity index (χ4v) is 3.51. The van der Waals surface area contributed by atoms with Crippen LogP contribution in [0.5, 0.6) is 0 Å². The molecule has 0 aromatic carbocycles. The molecule has 1 aliphatic carbocycles. The Morgan fingerprint density at radius 1 is 1.00 bits per heavy atom. The highest BCUT2D eigenvalue weighted by molar-refractivity contribution is 4.78. The second kappa shape index (κ2) is 7.46. The average molecular weight is 254 g/mol. The van der Waals surface area contributed by atoms with Crippen LogP contribution < -0.4 is 5.73 Å². The van der Waals surface area contributed by atoms with E-state index in [1.54, 1.807) is 0 Å². The quantitative estimate of drug-likeness (QED) is 0.818. The molecule has 1 saturated heterocycles. The Bertz CT molecular complexity index is 219. The zero-order valence-corrected chi connectivity index (χ0v) is 11.9. The summed E-state index contributed by atoms with van der Waals surface area (Å²) >= 11 is 0. The van der Waals surface area contributed by atoms with Crippen LogP contribution in [-0.2, 0) is 4.74 Å². The van der Waals surface area contributed by atoms with Crippen LogP contribution in [0, 0.1) is 11.8 Å². The summed E-state index contributed by atoms with van der Waals surface area (Å²) in [6, 6.07) is 0. The molecular formula is C15H30N2O. The molecule has 0 aromatic rings. The molecule has 2 fully saturated rings. The van der Waals surface area contributed by atoms with E-state index in [1.165, 1.54) is 58.2 Å². The lowest BCUT2D eigenvalue weighted by molar-refractivity contribution is 0.00926. The van der Waals surface area contributed by atoms with E-state index in [0.29, 0.717) is 6.10 Å². The van der Waals surface area contributed by atoms with E-state index in [1.807, 2.05) is 0 Å². The van der Waals surface area contributed by atoms with Gasteiger partial charge in [-0.05, 0) is 63.8 Å². The highest BCUT2D eigenvalue weighted by atomic mass is 16.5. The van der Waals surface area contributed by atoms with Crippen molar-refractivity contribution in [2.45, 2.75) is 51.6 Å². The van der Waals surface area contributed by atoms with E-state index in [-0.39, 0.29) is 0 Å². The fourth-order valence-electron chi connectivity index (χ4n) is 3.51. The van der Waals surface area contributed by atoms with Gasteiger partial charge in [-0.25, -0.2) is 0 Å². The van der Waals surface area contributed by atoms with Gasteiger partial charge in [0.1, 0.15) is 0 Å². The maximum Gasteiger partial charge on any atom is 0.0599 e. The van der Waals surface area contributed by atoms with Crippen molar-refractivity contribution < 1.29 is 4.74 Å². The summed E-state index contributed by atoms with van der Waals surface area (Å²) in [6.07, 6.45) is 8.49. The monoisotopic (exact) mass is 254 g/mol. The van der Waals surface area contributed by atoms with Gasteiger partial charge < -0.3 is 15.4 Å². The molecule has 2 N–H and O–H groups in total. The summed E-state index contributed by atoms with van der Waals surface area (Å²) in [5, 5.41) is 0. The molecule has 3 nitrogen and oxygen atoms in total. The number of likely N-dealkylation sites (tertiary alicyclic amines) is 1. The second-order valence-electron chi connectivity index (χ2n) is 6.08. The number of ether oxygens (including phenoxy) is 1. The third-order valence-electron chi connectivity index (χ3n) is 4.75. The predicted octanol–water partition coefficient (Wildman–Crippen LogP) is 2.25. The van der Waals surface area contributed by atoms with Crippen molar-refractivity contribution in [3.8, 4) is 0 Å². The molecule has 3 heteroatoms. The van der Waals surface area contributed by atoms with Crippen LogP contribution in [0.25, 0.3) is 0 Å². The number of nitrogens with two attached hydrogens (primary N) is 1. The molecule has 0 bridgehead atoms. The summed E-state index contributed by atoms with van der Waals surface area (Å²) in [7, 11) is 0. The van der Waals surface area contributed by atoms with Crippen molar-refractivity contribution in [3.63, 3.8) is 0 Å². The molecule has 18 heavy (non-hydrogen) atoms. The Morgan fingerprint density at radius 3 is 2.17 bits per heavy atom. The Balaban J connectivity index is 1.63. The van der Waals surface area contributed by atoms with Gasteiger partial charge in [0, 0.05) is 26.2 Å². The van der Waals surface area contributed by atoms with Crippen LogP contribution in [-0.4, -0.2) is 43.8 Å². The summed E-state index contributed by atoms with van der Waals surface area (Å²) in [5.41, 5.74) is 5.75. The van der Waals surface area contributed by atoms with Crippen LogP contribution in [0.2, 0.25) is 0 Å². The van der Waals surface area contributed by atoms with Gasteiger partial charge in [0.25, 0.3) is 0 Å². The number of hydrogen-bond acceptors (Lipinski definition) is 3. The maximum atomic E-state index is 5.75. The molecule has 2 rings (SSSR count). The molecule has 1 saturated carbocycles. The van der Waals surface area contributed by atoms with Crippen molar-refractivity contribution in [1.82, 2.24) is 4.90 Å². The Kier molecular flexibility index (Phi) is 5.93. The maximum absolute atomic E-state index is 5.75. The van der Waals surface area contributed by atoms with Gasteiger partial charge in [0.2, 0.25) is 0 Å². The van der Waals surface area contributed by atoms with E-state index in [9.17, 15) is 0 Å². The van der Waals surface area contributed by atoms with Gasteiger partial charge in [-0.3, -0.25) is 0 Å². The van der Waals surface area contributed by atoms with Crippen LogP contribution in [0.3, 0.4) is 0 Å². The number of nitrogens with zero attached hydrogens (tertiary/aromatic N) is 1. The average Bonchev–Trinajstić information content (AvgIpc) is 2.42. The minimum absolute atomic E-state index is 0.527. The normalized spacial score (nSPS) is 31.7. The van der Waals surface area contributed by atoms with Crippen LogP contribution in [0.4, 0.5) is 0 Å². The van der Waals surface area contributed by atoms with E-state index in [4.69, 9.17) is 10.5 Å². The topological polar surface area (TPSA) is 38.5 Å². The highest BCUT2D eigenvalue weighted by Crippen LogP contribution is 2.29. The summed E-state index contributed by atoms with van der Waals surface area (Å²) < 4.78 is 5.71. The van der Waals surface area contributed by atoms with E-state index < -0.39 is 0 Å². The zero-order valence-electron chi connectivity index (χ0n) is 11.9. The van der Waals surface area contributed by atoms with Gasteiger partial charge in [-0.2, -0.15) is 0 Å². The largest absolute Gasteiger partial charge is 0.378 e. The first kappa shape index (κ1) is 14.3. The van der Waals surface area contributed by atoms with Crippen molar-refractivity contribution in [3.05, 3.63) is 0 Å².